The van der Waals surface area contributed by atoms with Crippen LogP contribution in [0.1, 0.15) is 29.9 Å². The van der Waals surface area contributed by atoms with Crippen LogP contribution in [0.15, 0.2) is 40.3 Å². The van der Waals surface area contributed by atoms with Crippen molar-refractivity contribution in [2.45, 2.75) is 24.8 Å². The number of ether oxygens (including phenoxy) is 1. The molecule has 2 aromatic rings. The molecule has 1 heterocycles. The molecule has 144 valence electrons. The lowest BCUT2D eigenvalue weighted by atomic mass is 10.2. The summed E-state index contributed by atoms with van der Waals surface area (Å²) in [4.78, 5) is 42.4. The van der Waals surface area contributed by atoms with Crippen molar-refractivity contribution in [1.29, 1.82) is 0 Å². The maximum atomic E-state index is 12.1. The number of H-pyrrole nitrogens is 1. The average Bonchev–Trinajstić information content (AvgIpc) is 2.65. The van der Waals surface area contributed by atoms with Gasteiger partial charge in [0.25, 0.3) is 5.56 Å². The van der Waals surface area contributed by atoms with Gasteiger partial charge in [0.1, 0.15) is 0 Å². The Morgan fingerprint density at radius 1 is 1.22 bits per heavy atom. The van der Waals surface area contributed by atoms with Crippen molar-refractivity contribution in [2.24, 2.45) is 0 Å². The van der Waals surface area contributed by atoms with Gasteiger partial charge in [0.05, 0.1) is 23.6 Å². The van der Waals surface area contributed by atoms with E-state index in [4.69, 9.17) is 4.74 Å². The number of aromatic amines is 1. The van der Waals surface area contributed by atoms with Gasteiger partial charge in [-0.25, -0.2) is 9.78 Å². The van der Waals surface area contributed by atoms with Gasteiger partial charge in [-0.3, -0.25) is 9.59 Å². The number of hydrogen-bond acceptors (Lipinski definition) is 7. The fourth-order valence-corrected chi connectivity index (χ4v) is 3.32. The van der Waals surface area contributed by atoms with E-state index in [1.54, 1.807) is 43.0 Å². The van der Waals surface area contributed by atoms with Crippen LogP contribution in [0.3, 0.4) is 0 Å². The maximum absolute atomic E-state index is 12.1. The summed E-state index contributed by atoms with van der Waals surface area (Å²) in [6, 6.07) is 7.93. The molecule has 1 aromatic heterocycles. The molecule has 27 heavy (non-hydrogen) atoms. The topological polar surface area (TPSA) is 101 Å². The zero-order valence-electron chi connectivity index (χ0n) is 15.1. The summed E-state index contributed by atoms with van der Waals surface area (Å²) in [5.74, 6) is 1.07. The second-order valence-corrected chi connectivity index (χ2v) is 7.55. The molecule has 0 bridgehead atoms. The van der Waals surface area contributed by atoms with Gasteiger partial charge in [-0.1, -0.05) is 18.7 Å². The molecule has 1 aromatic carbocycles. The maximum Gasteiger partial charge on any atom is 0.338 e. The Morgan fingerprint density at radius 2 is 1.96 bits per heavy atom. The van der Waals surface area contributed by atoms with Gasteiger partial charge >= 0.3 is 5.97 Å². The minimum Gasteiger partial charge on any atom is -0.462 e. The van der Waals surface area contributed by atoms with Gasteiger partial charge < -0.3 is 15.0 Å². The Hall–Kier alpha value is -2.26. The van der Waals surface area contributed by atoms with E-state index in [9.17, 15) is 14.4 Å². The number of carbonyl (C=O) groups excluding carboxylic acids is 2. The third-order valence-electron chi connectivity index (χ3n) is 3.25. The van der Waals surface area contributed by atoms with Crippen molar-refractivity contribution in [2.75, 3.05) is 23.4 Å². The molecule has 9 heteroatoms. The first-order valence-electron chi connectivity index (χ1n) is 8.39. The molecule has 0 fully saturated rings. The van der Waals surface area contributed by atoms with Gasteiger partial charge in [-0.15, -0.1) is 0 Å². The minimum atomic E-state index is -0.401. The summed E-state index contributed by atoms with van der Waals surface area (Å²) < 4.78 is 4.91. The summed E-state index contributed by atoms with van der Waals surface area (Å²) in [5.41, 5.74) is 1.47. The molecule has 0 aliphatic carbocycles. The van der Waals surface area contributed by atoms with E-state index in [-0.39, 0.29) is 17.2 Å². The van der Waals surface area contributed by atoms with Crippen LogP contribution in [-0.4, -0.2) is 40.0 Å². The minimum absolute atomic E-state index is 0.104. The van der Waals surface area contributed by atoms with E-state index in [1.165, 1.54) is 6.07 Å². The summed E-state index contributed by atoms with van der Waals surface area (Å²) in [6.07, 6.45) is 0. The van der Waals surface area contributed by atoms with E-state index in [1.807, 2.05) is 6.92 Å². The van der Waals surface area contributed by atoms with Crippen LogP contribution in [0.25, 0.3) is 0 Å². The normalized spacial score (nSPS) is 10.4. The van der Waals surface area contributed by atoms with Crippen molar-refractivity contribution in [3.63, 3.8) is 0 Å². The Morgan fingerprint density at radius 3 is 2.63 bits per heavy atom. The van der Waals surface area contributed by atoms with Crippen molar-refractivity contribution < 1.29 is 14.3 Å². The predicted octanol–water partition coefficient (Wildman–Crippen LogP) is 2.93. The lowest BCUT2D eigenvalue weighted by Crippen LogP contribution is -2.16. The molecular weight excluding hydrogens is 386 g/mol. The molecule has 0 saturated carbocycles. The van der Waals surface area contributed by atoms with Gasteiger partial charge in [0.2, 0.25) is 5.91 Å². The second kappa shape index (κ2) is 10.8. The Balaban J connectivity index is 1.90. The predicted molar refractivity (Wildman–Crippen MR) is 108 cm³/mol. The molecule has 0 aliphatic rings. The third-order valence-corrected chi connectivity index (χ3v) is 5.03. The summed E-state index contributed by atoms with van der Waals surface area (Å²) in [6.45, 7) is 4.09. The first kappa shape index (κ1) is 21.0. The van der Waals surface area contributed by atoms with Gasteiger partial charge in [0.15, 0.2) is 5.16 Å². The number of amides is 1. The van der Waals surface area contributed by atoms with Crippen molar-refractivity contribution in [1.82, 2.24) is 9.97 Å². The summed E-state index contributed by atoms with van der Waals surface area (Å²) in [5, 5.41) is 3.16. The largest absolute Gasteiger partial charge is 0.462 e. The molecule has 2 N–H and O–H groups in total. The molecule has 0 unspecified atom stereocenters. The van der Waals surface area contributed by atoms with Gasteiger partial charge in [0, 0.05) is 17.5 Å². The zero-order valence-corrected chi connectivity index (χ0v) is 16.7. The summed E-state index contributed by atoms with van der Waals surface area (Å²) >= 11 is 2.84. The summed E-state index contributed by atoms with van der Waals surface area (Å²) in [7, 11) is 0. The molecule has 0 saturated heterocycles. The fourth-order valence-electron chi connectivity index (χ4n) is 2.07. The molecular formula is C18H21N3O4S2. The van der Waals surface area contributed by atoms with Crippen molar-refractivity contribution in [3.05, 3.63) is 51.9 Å². The highest BCUT2D eigenvalue weighted by Crippen LogP contribution is 2.16. The number of aromatic nitrogens is 2. The van der Waals surface area contributed by atoms with Crippen molar-refractivity contribution in [3.8, 4) is 0 Å². The Kier molecular flexibility index (Phi) is 8.41. The highest BCUT2D eigenvalue weighted by molar-refractivity contribution is 7.99. The Labute approximate surface area is 165 Å². The average molecular weight is 408 g/mol. The highest BCUT2D eigenvalue weighted by Gasteiger charge is 2.09. The van der Waals surface area contributed by atoms with Crippen LogP contribution in [0, 0.1) is 0 Å². The SMILES string of the molecule is CCOC(=O)c1ccc(NC(=O)CSc2nc(CSCC)cc(=O)[nH]2)cc1. The zero-order chi connectivity index (χ0) is 19.6. The fraction of sp³-hybridized carbons (Fsp3) is 0.333. The molecule has 0 spiro atoms. The highest BCUT2D eigenvalue weighted by atomic mass is 32.2. The number of anilines is 1. The van der Waals surface area contributed by atoms with E-state index in [2.05, 4.69) is 15.3 Å². The number of esters is 1. The van der Waals surface area contributed by atoms with Gasteiger partial charge in [-0.05, 0) is 36.9 Å². The van der Waals surface area contributed by atoms with Gasteiger partial charge in [-0.2, -0.15) is 11.8 Å². The first-order valence-corrected chi connectivity index (χ1v) is 10.5. The van der Waals surface area contributed by atoms with E-state index < -0.39 is 5.97 Å². The number of hydrogen-bond donors (Lipinski definition) is 2. The van der Waals surface area contributed by atoms with E-state index in [0.717, 1.165) is 17.5 Å². The van der Waals surface area contributed by atoms with E-state index in [0.29, 0.717) is 34.5 Å². The molecule has 0 aliphatic heterocycles. The lowest BCUT2D eigenvalue weighted by molar-refractivity contribution is -0.113. The number of nitrogens with zero attached hydrogens (tertiary/aromatic N) is 1. The molecule has 1 amide bonds. The van der Waals surface area contributed by atoms with Crippen LogP contribution in [0.2, 0.25) is 0 Å². The van der Waals surface area contributed by atoms with Crippen LogP contribution in [0.4, 0.5) is 5.69 Å². The lowest BCUT2D eigenvalue weighted by Gasteiger charge is -2.07. The quantitative estimate of drug-likeness (QED) is 0.374. The van der Waals surface area contributed by atoms with Crippen molar-refractivity contribution >= 4 is 41.1 Å². The van der Waals surface area contributed by atoms with Crippen LogP contribution < -0.4 is 10.9 Å². The van der Waals surface area contributed by atoms with Crippen LogP contribution in [-0.2, 0) is 15.3 Å². The number of carbonyl (C=O) groups is 2. The molecule has 0 radical (unpaired) electrons. The van der Waals surface area contributed by atoms with Crippen LogP contribution in [0.5, 0.6) is 0 Å². The smallest absolute Gasteiger partial charge is 0.338 e. The van der Waals surface area contributed by atoms with E-state index >= 15 is 0 Å². The standard InChI is InChI=1S/C18H21N3O4S2/c1-3-25-17(24)12-5-7-13(8-6-12)19-16(23)11-27-18-20-14(10-26-4-2)9-15(22)21-18/h5-9H,3-4,10-11H2,1-2H3,(H,19,23)(H,20,21,22). The number of nitrogens with one attached hydrogen (secondary N) is 2. The van der Waals surface area contributed by atoms with Crippen LogP contribution >= 0.6 is 23.5 Å². The second-order valence-electron chi connectivity index (χ2n) is 5.31. The molecule has 0 atom stereocenters. The first-order chi connectivity index (χ1) is 13.0. The molecule has 7 nitrogen and oxygen atoms in total. The monoisotopic (exact) mass is 407 g/mol. The number of rotatable bonds is 9. The number of thioether (sulfide) groups is 2. The third kappa shape index (κ3) is 7.10. The molecule has 2 rings (SSSR count). The Bertz CT molecular complexity index is 837. The number of benzene rings is 1.